The molecule has 0 fully saturated rings. The molecule has 0 saturated carbocycles. The minimum atomic E-state index is -0.399. The summed E-state index contributed by atoms with van der Waals surface area (Å²) in [6, 6.07) is 9.46. The number of nitrogens with zero attached hydrogens (tertiary/aromatic N) is 5. The van der Waals surface area contributed by atoms with Crippen molar-refractivity contribution < 1.29 is 0 Å². The second kappa shape index (κ2) is 6.02. The molecule has 0 radical (unpaired) electrons. The first-order chi connectivity index (χ1) is 11.4. The zero-order valence-corrected chi connectivity index (χ0v) is 14.3. The molecule has 0 aliphatic rings. The van der Waals surface area contributed by atoms with Gasteiger partial charge in [-0.25, -0.2) is 9.78 Å². The van der Waals surface area contributed by atoms with Gasteiger partial charge in [-0.15, -0.1) is 0 Å². The van der Waals surface area contributed by atoms with Crippen LogP contribution in [0.2, 0.25) is 0 Å². The van der Waals surface area contributed by atoms with Crippen molar-refractivity contribution in [3.8, 4) is 6.07 Å². The third-order valence-corrected chi connectivity index (χ3v) is 4.96. The van der Waals surface area contributed by atoms with Gasteiger partial charge in [0.15, 0.2) is 16.3 Å². The number of aromatic nitrogens is 4. The Bertz CT molecular complexity index is 1100. The number of nitriles is 1. The smallest absolute Gasteiger partial charge is 0.316 e. The highest BCUT2D eigenvalue weighted by molar-refractivity contribution is 7.98. The van der Waals surface area contributed by atoms with Crippen molar-refractivity contribution >= 4 is 22.9 Å². The Morgan fingerprint density at radius 3 is 2.62 bits per heavy atom. The standard InChI is InChI=1S/C16H15N5O2S/c1-19-12-13(20(2)16(23)21(3)14(12)22)18-15(19)24-9-11-6-4-5-10(7-11)8-17/h4-7H,9H2,1-3H3. The lowest BCUT2D eigenvalue weighted by molar-refractivity contribution is 0.705. The zero-order valence-electron chi connectivity index (χ0n) is 13.5. The van der Waals surface area contributed by atoms with E-state index in [0.717, 1.165) is 10.1 Å². The van der Waals surface area contributed by atoms with E-state index in [9.17, 15) is 9.59 Å². The van der Waals surface area contributed by atoms with Crippen LogP contribution in [0.15, 0.2) is 39.0 Å². The van der Waals surface area contributed by atoms with Gasteiger partial charge in [0.25, 0.3) is 5.56 Å². The number of imidazole rings is 1. The molecule has 0 spiro atoms. The van der Waals surface area contributed by atoms with Gasteiger partial charge in [-0.2, -0.15) is 5.26 Å². The van der Waals surface area contributed by atoms with Crippen molar-refractivity contribution in [2.75, 3.05) is 0 Å². The van der Waals surface area contributed by atoms with Crippen molar-refractivity contribution in [3.63, 3.8) is 0 Å². The summed E-state index contributed by atoms with van der Waals surface area (Å²) in [5.74, 6) is 0.612. The summed E-state index contributed by atoms with van der Waals surface area (Å²) in [6.45, 7) is 0. The second-order valence-corrected chi connectivity index (χ2v) is 6.37. The van der Waals surface area contributed by atoms with E-state index in [1.165, 1.54) is 23.4 Å². The molecule has 3 aromatic rings. The van der Waals surface area contributed by atoms with Gasteiger partial charge in [0.1, 0.15) is 0 Å². The first-order valence-corrected chi connectivity index (χ1v) is 8.17. The lowest BCUT2D eigenvalue weighted by Crippen LogP contribution is -2.37. The number of fused-ring (bicyclic) bond motifs is 1. The summed E-state index contributed by atoms with van der Waals surface area (Å²) in [5.41, 5.74) is 1.61. The van der Waals surface area contributed by atoms with Gasteiger partial charge in [-0.3, -0.25) is 13.9 Å². The Morgan fingerprint density at radius 2 is 1.92 bits per heavy atom. The number of hydrogen-bond acceptors (Lipinski definition) is 5. The van der Waals surface area contributed by atoms with Crippen molar-refractivity contribution in [2.24, 2.45) is 21.1 Å². The fourth-order valence-electron chi connectivity index (χ4n) is 2.51. The number of benzene rings is 1. The molecular weight excluding hydrogens is 326 g/mol. The van der Waals surface area contributed by atoms with Gasteiger partial charge in [0.2, 0.25) is 0 Å². The molecular formula is C16H15N5O2S. The first kappa shape index (κ1) is 16.1. The Kier molecular flexibility index (Phi) is 4.03. The molecule has 0 amide bonds. The highest BCUT2D eigenvalue weighted by Crippen LogP contribution is 2.24. The molecule has 8 heteroatoms. The van der Waals surface area contributed by atoms with E-state index < -0.39 is 5.69 Å². The predicted octanol–water partition coefficient (Wildman–Crippen LogP) is 1.13. The van der Waals surface area contributed by atoms with Crippen LogP contribution in [0.25, 0.3) is 11.2 Å². The number of hydrogen-bond donors (Lipinski definition) is 0. The summed E-state index contributed by atoms with van der Waals surface area (Å²) < 4.78 is 4.15. The monoisotopic (exact) mass is 341 g/mol. The fraction of sp³-hybridized carbons (Fsp3) is 0.250. The summed E-state index contributed by atoms with van der Waals surface area (Å²) in [7, 11) is 4.81. The van der Waals surface area contributed by atoms with Gasteiger partial charge in [-0.05, 0) is 17.7 Å². The molecule has 0 aliphatic carbocycles. The van der Waals surface area contributed by atoms with Crippen LogP contribution in [-0.4, -0.2) is 18.7 Å². The van der Waals surface area contributed by atoms with Crippen LogP contribution in [0.3, 0.4) is 0 Å². The highest BCUT2D eigenvalue weighted by Gasteiger charge is 2.17. The normalized spacial score (nSPS) is 10.9. The van der Waals surface area contributed by atoms with Gasteiger partial charge < -0.3 is 4.57 Å². The maximum atomic E-state index is 12.3. The molecule has 0 aliphatic heterocycles. The Labute approximate surface area is 141 Å². The van der Waals surface area contributed by atoms with Crippen molar-refractivity contribution in [1.82, 2.24) is 18.7 Å². The minimum Gasteiger partial charge on any atom is -0.316 e. The van der Waals surface area contributed by atoms with Gasteiger partial charge in [0, 0.05) is 26.9 Å². The van der Waals surface area contributed by atoms with Crippen molar-refractivity contribution in [1.29, 1.82) is 5.26 Å². The summed E-state index contributed by atoms with van der Waals surface area (Å²) in [6.07, 6.45) is 0. The van der Waals surface area contributed by atoms with Crippen LogP contribution in [0.4, 0.5) is 0 Å². The molecule has 3 rings (SSSR count). The molecule has 2 heterocycles. The van der Waals surface area contributed by atoms with Crippen molar-refractivity contribution in [2.45, 2.75) is 10.9 Å². The Balaban J connectivity index is 2.02. The predicted molar refractivity (Wildman–Crippen MR) is 91.9 cm³/mol. The topological polar surface area (TPSA) is 85.6 Å². The maximum Gasteiger partial charge on any atom is 0.332 e. The lowest BCUT2D eigenvalue weighted by Gasteiger charge is -2.04. The van der Waals surface area contributed by atoms with Crippen LogP contribution >= 0.6 is 11.8 Å². The number of thioether (sulfide) groups is 1. The highest BCUT2D eigenvalue weighted by atomic mass is 32.2. The molecule has 0 unspecified atom stereocenters. The van der Waals surface area contributed by atoms with E-state index in [-0.39, 0.29) is 5.56 Å². The van der Waals surface area contributed by atoms with E-state index in [1.807, 2.05) is 18.2 Å². The molecule has 0 N–H and O–H groups in total. The molecule has 7 nitrogen and oxygen atoms in total. The largest absolute Gasteiger partial charge is 0.332 e. The van der Waals surface area contributed by atoms with Crippen LogP contribution < -0.4 is 11.2 Å². The lowest BCUT2D eigenvalue weighted by atomic mass is 10.2. The molecule has 122 valence electrons. The molecule has 0 saturated heterocycles. The summed E-state index contributed by atoms with van der Waals surface area (Å²) >= 11 is 1.45. The maximum absolute atomic E-state index is 12.3. The zero-order chi connectivity index (χ0) is 17.4. The van der Waals surface area contributed by atoms with Crippen LogP contribution in [0.1, 0.15) is 11.1 Å². The van der Waals surface area contributed by atoms with Gasteiger partial charge >= 0.3 is 5.69 Å². The molecule has 0 bridgehead atoms. The van der Waals surface area contributed by atoms with E-state index in [1.54, 1.807) is 24.7 Å². The summed E-state index contributed by atoms with van der Waals surface area (Å²) in [4.78, 5) is 28.8. The Hall–Kier alpha value is -2.79. The second-order valence-electron chi connectivity index (χ2n) is 5.43. The van der Waals surface area contributed by atoms with E-state index >= 15 is 0 Å². The molecule has 2 aromatic heterocycles. The molecule has 1 aromatic carbocycles. The van der Waals surface area contributed by atoms with Crippen LogP contribution in [0, 0.1) is 11.3 Å². The average Bonchev–Trinajstić information content (AvgIpc) is 2.93. The minimum absolute atomic E-state index is 0.360. The Morgan fingerprint density at radius 1 is 1.17 bits per heavy atom. The van der Waals surface area contributed by atoms with Crippen LogP contribution in [0.5, 0.6) is 0 Å². The molecule has 24 heavy (non-hydrogen) atoms. The SMILES string of the molecule is Cn1c(=O)c2c(nc(SCc3cccc(C#N)c3)n2C)n(C)c1=O. The quantitative estimate of drug-likeness (QED) is 0.667. The van der Waals surface area contributed by atoms with E-state index in [0.29, 0.717) is 27.6 Å². The third kappa shape index (κ3) is 2.53. The molecule has 0 atom stereocenters. The van der Waals surface area contributed by atoms with Crippen LogP contribution in [-0.2, 0) is 26.9 Å². The first-order valence-electron chi connectivity index (χ1n) is 7.18. The average molecular weight is 341 g/mol. The van der Waals surface area contributed by atoms with E-state index in [4.69, 9.17) is 5.26 Å². The third-order valence-electron chi connectivity index (χ3n) is 3.86. The number of aryl methyl sites for hydroxylation is 2. The van der Waals surface area contributed by atoms with Gasteiger partial charge in [0.05, 0.1) is 11.6 Å². The fourth-order valence-corrected chi connectivity index (χ4v) is 3.42. The van der Waals surface area contributed by atoms with E-state index in [2.05, 4.69) is 11.1 Å². The summed E-state index contributed by atoms with van der Waals surface area (Å²) in [5, 5.41) is 9.60. The van der Waals surface area contributed by atoms with Crippen molar-refractivity contribution in [3.05, 3.63) is 56.2 Å². The van der Waals surface area contributed by atoms with Gasteiger partial charge in [-0.1, -0.05) is 23.9 Å². The number of rotatable bonds is 3.